The number of hydrogen-bond donors (Lipinski definition) is 1. The molecule has 1 atom stereocenters. The number of rotatable bonds is 4. The van der Waals surface area contributed by atoms with E-state index in [1.807, 2.05) is 66.3 Å². The Labute approximate surface area is 147 Å². The van der Waals surface area contributed by atoms with E-state index in [4.69, 9.17) is 5.26 Å². The van der Waals surface area contributed by atoms with Crippen LogP contribution in [0.5, 0.6) is 0 Å². The second-order valence-corrected chi connectivity index (χ2v) is 5.76. The average molecular weight is 328 g/mol. The van der Waals surface area contributed by atoms with Gasteiger partial charge in [-0.3, -0.25) is 4.79 Å². The molecule has 0 saturated heterocycles. The van der Waals surface area contributed by atoms with Crippen molar-refractivity contribution in [3.63, 3.8) is 0 Å². The van der Waals surface area contributed by atoms with E-state index >= 15 is 0 Å². The van der Waals surface area contributed by atoms with Crippen LogP contribution >= 0.6 is 0 Å². The third-order valence-corrected chi connectivity index (χ3v) is 4.04. The Morgan fingerprint density at radius 3 is 2.36 bits per heavy atom. The predicted molar refractivity (Wildman–Crippen MR) is 96.6 cm³/mol. The molecule has 0 aliphatic carbocycles. The fourth-order valence-electron chi connectivity index (χ4n) is 2.55. The van der Waals surface area contributed by atoms with E-state index in [0.29, 0.717) is 11.3 Å². The van der Waals surface area contributed by atoms with E-state index in [1.165, 1.54) is 0 Å². The quantitative estimate of drug-likeness (QED) is 0.742. The molecule has 1 aromatic heterocycles. The lowest BCUT2D eigenvalue weighted by Crippen LogP contribution is -2.44. The summed E-state index contributed by atoms with van der Waals surface area (Å²) in [6, 6.07) is 22.5. The van der Waals surface area contributed by atoms with Crippen LogP contribution in [0.2, 0.25) is 0 Å². The lowest BCUT2D eigenvalue weighted by Gasteiger charge is -2.10. The van der Waals surface area contributed by atoms with Gasteiger partial charge in [-0.2, -0.15) is 9.83 Å². The molecule has 0 aliphatic rings. The van der Waals surface area contributed by atoms with E-state index in [9.17, 15) is 4.79 Å². The number of nitriles is 1. The molecule has 0 spiro atoms. The number of aromatic nitrogens is 1. The number of carbonyl (C=O) groups excluding carboxylic acids is 1. The van der Waals surface area contributed by atoms with Crippen LogP contribution in [0, 0.1) is 11.3 Å². The van der Waals surface area contributed by atoms with Crippen LogP contribution in [-0.2, 0) is 4.79 Å². The molecule has 4 nitrogen and oxygen atoms in total. The van der Waals surface area contributed by atoms with Gasteiger partial charge in [-0.15, -0.1) is 0 Å². The first kappa shape index (κ1) is 16.4. The second kappa shape index (κ2) is 7.41. The van der Waals surface area contributed by atoms with Crippen molar-refractivity contribution in [1.29, 1.82) is 5.26 Å². The van der Waals surface area contributed by atoms with Gasteiger partial charge in [0.15, 0.2) is 12.4 Å². The van der Waals surface area contributed by atoms with Gasteiger partial charge in [-0.25, -0.2) is 0 Å². The Bertz CT molecular complexity index is 912. The van der Waals surface area contributed by atoms with Gasteiger partial charge < -0.3 is 5.32 Å². The third kappa shape index (κ3) is 3.91. The van der Waals surface area contributed by atoms with Gasteiger partial charge in [0.1, 0.15) is 0 Å². The topological polar surface area (TPSA) is 56.8 Å². The highest BCUT2D eigenvalue weighted by atomic mass is 16.2. The summed E-state index contributed by atoms with van der Waals surface area (Å²) in [4.78, 5) is 12.5. The average Bonchev–Trinajstić information content (AvgIpc) is 2.68. The fourth-order valence-corrected chi connectivity index (χ4v) is 2.55. The normalized spacial score (nSPS) is 11.4. The van der Waals surface area contributed by atoms with Crippen LogP contribution < -0.4 is 9.88 Å². The van der Waals surface area contributed by atoms with Crippen molar-refractivity contribution in [1.82, 2.24) is 0 Å². The molecule has 1 N–H and O–H groups in total. The molecule has 3 rings (SSSR count). The summed E-state index contributed by atoms with van der Waals surface area (Å²) in [7, 11) is 0. The first-order valence-corrected chi connectivity index (χ1v) is 8.04. The highest BCUT2D eigenvalue weighted by Gasteiger charge is 2.22. The molecular weight excluding hydrogens is 310 g/mol. The number of nitrogens with zero attached hydrogens (tertiary/aromatic N) is 2. The van der Waals surface area contributed by atoms with Crippen LogP contribution in [0.15, 0.2) is 79.1 Å². The van der Waals surface area contributed by atoms with E-state index in [2.05, 4.69) is 11.4 Å². The molecule has 122 valence electrons. The highest BCUT2D eigenvalue weighted by Crippen LogP contribution is 2.17. The summed E-state index contributed by atoms with van der Waals surface area (Å²) in [6.45, 7) is 1.85. The molecule has 0 fully saturated rings. The SMILES string of the molecule is C[C@H](C(=O)Nc1ccc(C#N)cc1)[n+]1cccc(-c2ccccc2)c1. The number of nitrogens with one attached hydrogen (secondary N) is 1. The van der Waals surface area contributed by atoms with Crippen molar-refractivity contribution in [3.05, 3.63) is 84.7 Å². The summed E-state index contributed by atoms with van der Waals surface area (Å²) < 4.78 is 1.89. The number of amides is 1. The minimum absolute atomic E-state index is 0.111. The van der Waals surface area contributed by atoms with E-state index in [-0.39, 0.29) is 11.9 Å². The Morgan fingerprint density at radius 2 is 1.68 bits per heavy atom. The van der Waals surface area contributed by atoms with Gasteiger partial charge >= 0.3 is 0 Å². The fraction of sp³-hybridized carbons (Fsp3) is 0.0952. The number of hydrogen-bond acceptors (Lipinski definition) is 2. The lowest BCUT2D eigenvalue weighted by atomic mass is 10.1. The molecule has 1 amide bonds. The Balaban J connectivity index is 1.77. The van der Waals surface area contributed by atoms with Crippen LogP contribution in [0.1, 0.15) is 18.5 Å². The zero-order chi connectivity index (χ0) is 17.6. The molecule has 1 heterocycles. The summed E-state index contributed by atoms with van der Waals surface area (Å²) in [6.07, 6.45) is 3.85. The second-order valence-electron chi connectivity index (χ2n) is 5.76. The molecule has 0 radical (unpaired) electrons. The number of carbonyl (C=O) groups is 1. The molecule has 4 heteroatoms. The maximum absolute atomic E-state index is 12.5. The maximum atomic E-state index is 12.5. The van der Waals surface area contributed by atoms with Crippen molar-refractivity contribution in [3.8, 4) is 17.2 Å². The number of benzene rings is 2. The van der Waals surface area contributed by atoms with E-state index in [1.54, 1.807) is 24.3 Å². The third-order valence-electron chi connectivity index (χ3n) is 4.04. The maximum Gasteiger partial charge on any atom is 0.293 e. The minimum atomic E-state index is -0.362. The Kier molecular flexibility index (Phi) is 4.87. The van der Waals surface area contributed by atoms with Crippen LogP contribution in [0.4, 0.5) is 5.69 Å². The standard InChI is InChI=1S/C21H17N3O/c1-16(21(25)23-20-11-9-17(14-22)10-12-20)24-13-5-8-19(15-24)18-6-3-2-4-7-18/h2-13,15-16H,1H3/p+1/t16-/m1/s1. The van der Waals surface area contributed by atoms with Crippen LogP contribution in [0.25, 0.3) is 11.1 Å². The Morgan fingerprint density at radius 1 is 1.00 bits per heavy atom. The largest absolute Gasteiger partial charge is 0.320 e. The number of pyridine rings is 1. The smallest absolute Gasteiger partial charge is 0.293 e. The molecule has 0 unspecified atom stereocenters. The molecule has 2 aromatic carbocycles. The highest BCUT2D eigenvalue weighted by molar-refractivity contribution is 5.92. The van der Waals surface area contributed by atoms with Gasteiger partial charge in [0.05, 0.1) is 11.6 Å². The van der Waals surface area contributed by atoms with Crippen molar-refractivity contribution >= 4 is 11.6 Å². The molecule has 25 heavy (non-hydrogen) atoms. The van der Waals surface area contributed by atoms with Crippen LogP contribution in [-0.4, -0.2) is 5.91 Å². The zero-order valence-electron chi connectivity index (χ0n) is 13.9. The zero-order valence-corrected chi connectivity index (χ0v) is 13.9. The lowest BCUT2D eigenvalue weighted by molar-refractivity contribution is -0.705. The minimum Gasteiger partial charge on any atom is -0.320 e. The van der Waals surface area contributed by atoms with Gasteiger partial charge in [0.2, 0.25) is 6.04 Å². The summed E-state index contributed by atoms with van der Waals surface area (Å²) in [5, 5.41) is 11.7. The summed E-state index contributed by atoms with van der Waals surface area (Å²) >= 11 is 0. The molecule has 0 bridgehead atoms. The molecule has 0 aliphatic heterocycles. The summed E-state index contributed by atoms with van der Waals surface area (Å²) in [5.74, 6) is -0.111. The predicted octanol–water partition coefficient (Wildman–Crippen LogP) is 3.71. The van der Waals surface area contributed by atoms with Gasteiger partial charge in [0.25, 0.3) is 5.91 Å². The summed E-state index contributed by atoms with van der Waals surface area (Å²) in [5.41, 5.74) is 3.41. The monoisotopic (exact) mass is 328 g/mol. The van der Waals surface area contributed by atoms with Crippen molar-refractivity contribution < 1.29 is 9.36 Å². The van der Waals surface area contributed by atoms with Gasteiger partial charge in [-0.05, 0) is 35.9 Å². The van der Waals surface area contributed by atoms with E-state index in [0.717, 1.165) is 11.1 Å². The van der Waals surface area contributed by atoms with Gasteiger partial charge in [0, 0.05) is 24.2 Å². The van der Waals surface area contributed by atoms with Crippen molar-refractivity contribution in [2.24, 2.45) is 0 Å². The Hall–Kier alpha value is -3.45. The molecule has 0 saturated carbocycles. The first-order valence-electron chi connectivity index (χ1n) is 8.04. The van der Waals surface area contributed by atoms with Gasteiger partial charge in [-0.1, -0.05) is 30.3 Å². The first-order chi connectivity index (χ1) is 12.2. The molecule has 3 aromatic rings. The van der Waals surface area contributed by atoms with Crippen molar-refractivity contribution in [2.45, 2.75) is 13.0 Å². The number of anilines is 1. The molecular formula is C21H18N3O+. The van der Waals surface area contributed by atoms with Crippen molar-refractivity contribution in [2.75, 3.05) is 5.32 Å². The van der Waals surface area contributed by atoms with Crippen LogP contribution in [0.3, 0.4) is 0 Å². The van der Waals surface area contributed by atoms with E-state index < -0.39 is 0 Å².